The van der Waals surface area contributed by atoms with Crippen LogP contribution in [0.1, 0.15) is 36.0 Å². The van der Waals surface area contributed by atoms with Crippen molar-refractivity contribution in [2.75, 3.05) is 33.0 Å². The highest BCUT2D eigenvalue weighted by Crippen LogP contribution is 2.26. The molecule has 1 aliphatic rings. The molecular weight excluding hydrogens is 268 g/mol. The lowest BCUT2D eigenvalue weighted by Crippen LogP contribution is -2.37. The molecule has 5 heteroatoms. The molecule has 116 valence electrons. The molecule has 1 aliphatic heterocycles. The zero-order valence-corrected chi connectivity index (χ0v) is 12.8. The molecule has 1 saturated heterocycles. The molecule has 1 unspecified atom stereocenters. The Morgan fingerprint density at radius 1 is 1.43 bits per heavy atom. The number of anilines is 1. The Hall–Kier alpha value is -1.75. The molecule has 1 aromatic rings. The van der Waals surface area contributed by atoms with Crippen LogP contribution in [-0.2, 0) is 4.74 Å². The predicted octanol–water partition coefficient (Wildman–Crippen LogP) is 2.31. The molecule has 1 heterocycles. The normalized spacial score (nSPS) is 19.2. The van der Waals surface area contributed by atoms with Gasteiger partial charge in [-0.05, 0) is 45.0 Å². The van der Waals surface area contributed by atoms with Crippen LogP contribution < -0.4 is 10.5 Å². The third-order valence-corrected chi connectivity index (χ3v) is 4.08. The molecule has 0 aliphatic carbocycles. The molecule has 1 aromatic carbocycles. The summed E-state index contributed by atoms with van der Waals surface area (Å²) in [5, 5.41) is 0. The van der Waals surface area contributed by atoms with Gasteiger partial charge < -0.3 is 20.1 Å². The zero-order chi connectivity index (χ0) is 15.2. The third kappa shape index (κ3) is 3.88. The molecule has 0 bridgehead atoms. The van der Waals surface area contributed by atoms with Crippen LogP contribution >= 0.6 is 0 Å². The largest absolute Gasteiger partial charge is 0.493 e. The highest BCUT2D eigenvalue weighted by molar-refractivity contribution is 5.98. The maximum atomic E-state index is 11.8. The molecule has 0 aromatic heterocycles. The van der Waals surface area contributed by atoms with E-state index in [4.69, 9.17) is 15.2 Å². The van der Waals surface area contributed by atoms with Gasteiger partial charge in [-0.2, -0.15) is 0 Å². The van der Waals surface area contributed by atoms with Crippen molar-refractivity contribution in [1.29, 1.82) is 0 Å². The molecule has 21 heavy (non-hydrogen) atoms. The number of hydrogen-bond donors (Lipinski definition) is 1. The summed E-state index contributed by atoms with van der Waals surface area (Å²) >= 11 is 0. The maximum absolute atomic E-state index is 11.8. The van der Waals surface area contributed by atoms with Gasteiger partial charge in [-0.25, -0.2) is 4.79 Å². The van der Waals surface area contributed by atoms with Crippen LogP contribution in [0.2, 0.25) is 0 Å². The van der Waals surface area contributed by atoms with Gasteiger partial charge in [0.2, 0.25) is 0 Å². The summed E-state index contributed by atoms with van der Waals surface area (Å²) in [5.74, 6) is 0.0400. The second-order valence-electron chi connectivity index (χ2n) is 5.48. The Bertz CT molecular complexity index is 490. The lowest BCUT2D eigenvalue weighted by molar-refractivity contribution is 0.0596. The van der Waals surface area contributed by atoms with E-state index in [1.807, 2.05) is 0 Å². The number of carbonyl (C=O) groups excluding carboxylic acids is 1. The van der Waals surface area contributed by atoms with E-state index in [-0.39, 0.29) is 0 Å². The van der Waals surface area contributed by atoms with Crippen LogP contribution in [-0.4, -0.2) is 44.2 Å². The van der Waals surface area contributed by atoms with Gasteiger partial charge in [0.1, 0.15) is 11.3 Å². The van der Waals surface area contributed by atoms with E-state index < -0.39 is 5.97 Å². The number of nitrogen functional groups attached to an aromatic ring is 1. The minimum Gasteiger partial charge on any atom is -0.493 e. The fraction of sp³-hybridized carbons (Fsp3) is 0.562. The number of rotatable bonds is 5. The Kier molecular flexibility index (Phi) is 5.44. The van der Waals surface area contributed by atoms with E-state index in [0.717, 1.165) is 13.0 Å². The monoisotopic (exact) mass is 292 g/mol. The number of carbonyl (C=O) groups is 1. The number of piperidine rings is 1. The molecule has 5 nitrogen and oxygen atoms in total. The SMILES string of the molecule is COC(=O)c1c(N)cccc1OCCC1CCCCN1C. The molecule has 1 fully saturated rings. The molecular formula is C16H24N2O3. The van der Waals surface area contributed by atoms with E-state index in [0.29, 0.717) is 29.6 Å². The summed E-state index contributed by atoms with van der Waals surface area (Å²) in [5.41, 5.74) is 6.55. The second kappa shape index (κ2) is 7.31. The van der Waals surface area contributed by atoms with Gasteiger partial charge in [0.15, 0.2) is 0 Å². The zero-order valence-electron chi connectivity index (χ0n) is 12.8. The fourth-order valence-electron chi connectivity index (χ4n) is 2.80. The lowest BCUT2D eigenvalue weighted by Gasteiger charge is -2.32. The second-order valence-corrected chi connectivity index (χ2v) is 5.48. The Morgan fingerprint density at radius 3 is 2.95 bits per heavy atom. The summed E-state index contributed by atoms with van der Waals surface area (Å²) in [6.45, 7) is 1.72. The predicted molar refractivity (Wildman–Crippen MR) is 82.6 cm³/mol. The van der Waals surface area contributed by atoms with Crippen LogP contribution in [0.4, 0.5) is 5.69 Å². The summed E-state index contributed by atoms with van der Waals surface area (Å²) < 4.78 is 10.5. The third-order valence-electron chi connectivity index (χ3n) is 4.08. The quantitative estimate of drug-likeness (QED) is 0.666. The Labute approximate surface area is 126 Å². The average Bonchev–Trinajstić information content (AvgIpc) is 2.48. The Morgan fingerprint density at radius 2 is 2.24 bits per heavy atom. The van der Waals surface area contributed by atoms with Gasteiger partial charge in [0.25, 0.3) is 0 Å². The smallest absolute Gasteiger partial charge is 0.343 e. The van der Waals surface area contributed by atoms with Crippen molar-refractivity contribution in [3.05, 3.63) is 23.8 Å². The fourth-order valence-corrected chi connectivity index (χ4v) is 2.80. The van der Waals surface area contributed by atoms with E-state index in [1.54, 1.807) is 18.2 Å². The molecule has 0 amide bonds. The summed E-state index contributed by atoms with van der Waals surface area (Å²) in [4.78, 5) is 14.2. The van der Waals surface area contributed by atoms with Crippen LogP contribution in [0.25, 0.3) is 0 Å². The van der Waals surface area contributed by atoms with Gasteiger partial charge in [-0.3, -0.25) is 0 Å². The van der Waals surface area contributed by atoms with Crippen molar-refractivity contribution in [3.63, 3.8) is 0 Å². The van der Waals surface area contributed by atoms with E-state index >= 15 is 0 Å². The van der Waals surface area contributed by atoms with Gasteiger partial charge in [-0.1, -0.05) is 12.5 Å². The van der Waals surface area contributed by atoms with Gasteiger partial charge in [-0.15, -0.1) is 0 Å². The van der Waals surface area contributed by atoms with Gasteiger partial charge in [0, 0.05) is 11.7 Å². The minimum atomic E-state index is -0.460. The van der Waals surface area contributed by atoms with Crippen molar-refractivity contribution in [2.24, 2.45) is 0 Å². The topological polar surface area (TPSA) is 64.8 Å². The molecule has 0 spiro atoms. The first-order valence-corrected chi connectivity index (χ1v) is 7.43. The highest BCUT2D eigenvalue weighted by atomic mass is 16.5. The van der Waals surface area contributed by atoms with Crippen molar-refractivity contribution >= 4 is 11.7 Å². The van der Waals surface area contributed by atoms with Crippen LogP contribution in [0.15, 0.2) is 18.2 Å². The number of nitrogens with zero attached hydrogens (tertiary/aromatic N) is 1. The molecule has 0 saturated carbocycles. The van der Waals surface area contributed by atoms with Crippen LogP contribution in [0.5, 0.6) is 5.75 Å². The number of esters is 1. The number of benzene rings is 1. The van der Waals surface area contributed by atoms with Crippen molar-refractivity contribution in [1.82, 2.24) is 4.90 Å². The molecule has 1 atom stereocenters. The summed E-state index contributed by atoms with van der Waals surface area (Å²) in [6, 6.07) is 5.77. The highest BCUT2D eigenvalue weighted by Gasteiger charge is 2.20. The minimum absolute atomic E-state index is 0.317. The average molecular weight is 292 g/mol. The maximum Gasteiger partial charge on any atom is 0.343 e. The first kappa shape index (κ1) is 15.6. The van der Waals surface area contributed by atoms with E-state index in [2.05, 4.69) is 11.9 Å². The number of methoxy groups -OCH3 is 1. The molecule has 0 radical (unpaired) electrons. The van der Waals surface area contributed by atoms with E-state index in [9.17, 15) is 4.79 Å². The standard InChI is InChI=1S/C16H24N2O3/c1-18-10-4-3-6-12(18)9-11-21-14-8-5-7-13(17)15(14)16(19)20-2/h5,7-8,12H,3-4,6,9-11,17H2,1-2H3. The van der Waals surface area contributed by atoms with Gasteiger partial charge in [0.05, 0.1) is 13.7 Å². The van der Waals surface area contributed by atoms with Crippen molar-refractivity contribution in [3.8, 4) is 5.75 Å². The van der Waals surface area contributed by atoms with Crippen molar-refractivity contribution < 1.29 is 14.3 Å². The van der Waals surface area contributed by atoms with Crippen LogP contribution in [0.3, 0.4) is 0 Å². The summed E-state index contributed by atoms with van der Waals surface area (Å²) in [7, 11) is 3.50. The first-order valence-electron chi connectivity index (χ1n) is 7.43. The Balaban J connectivity index is 1.97. The first-order chi connectivity index (χ1) is 10.1. The molecule has 2 rings (SSSR count). The van der Waals surface area contributed by atoms with Crippen LogP contribution in [0, 0.1) is 0 Å². The number of likely N-dealkylation sites (tertiary alicyclic amines) is 1. The van der Waals surface area contributed by atoms with Gasteiger partial charge >= 0.3 is 5.97 Å². The lowest BCUT2D eigenvalue weighted by atomic mass is 10.0. The number of hydrogen-bond acceptors (Lipinski definition) is 5. The van der Waals surface area contributed by atoms with E-state index in [1.165, 1.54) is 26.4 Å². The summed E-state index contributed by atoms with van der Waals surface area (Å²) in [6.07, 6.45) is 4.71. The van der Waals surface area contributed by atoms with Crippen molar-refractivity contribution in [2.45, 2.75) is 31.7 Å². The number of ether oxygens (including phenoxy) is 2. The molecule has 2 N–H and O–H groups in total. The number of nitrogens with two attached hydrogens (primary N) is 1.